The van der Waals surface area contributed by atoms with E-state index < -0.39 is 18.7 Å². The van der Waals surface area contributed by atoms with E-state index in [1.54, 1.807) is 24.3 Å². The monoisotopic (exact) mass is 453 g/mol. The number of aromatic nitrogens is 4. The summed E-state index contributed by atoms with van der Waals surface area (Å²) in [6, 6.07) is 7.54. The summed E-state index contributed by atoms with van der Waals surface area (Å²) < 4.78 is 47.6. The van der Waals surface area contributed by atoms with Crippen LogP contribution in [-0.4, -0.2) is 39.0 Å². The summed E-state index contributed by atoms with van der Waals surface area (Å²) in [5.41, 5.74) is 0.498. The predicted molar refractivity (Wildman–Crippen MR) is 101 cm³/mol. The Hall–Kier alpha value is -3.21. The highest BCUT2D eigenvalue weighted by Crippen LogP contribution is 2.38. The molecular formula is C19H15ClF3N5O3. The lowest BCUT2D eigenvalue weighted by atomic mass is 10.1. The number of halogens is 4. The Balaban J connectivity index is 1.52. The van der Waals surface area contributed by atoms with E-state index in [0.717, 1.165) is 12.8 Å². The summed E-state index contributed by atoms with van der Waals surface area (Å²) in [5, 5.41) is 14.2. The van der Waals surface area contributed by atoms with Crippen molar-refractivity contribution in [1.29, 1.82) is 0 Å². The molecule has 1 amide bonds. The summed E-state index contributed by atoms with van der Waals surface area (Å²) in [4.78, 5) is 16.7. The first-order valence-corrected chi connectivity index (χ1v) is 9.60. The largest absolute Gasteiger partial charge is 0.467 e. The van der Waals surface area contributed by atoms with Gasteiger partial charge in [0.2, 0.25) is 11.8 Å². The standard InChI is InChI=1S/C19H15ClF3N5O3/c20-12-5-3-10(4-6-12)13-7-14(26-27-18(13)30-9-19(21,22)23)17(29)24-8-15-25-16(28-31-15)11-1-2-11/h3-7,11H,1-2,8-9H2,(H,24,29). The van der Waals surface area contributed by atoms with Crippen LogP contribution >= 0.6 is 11.6 Å². The van der Waals surface area contributed by atoms with E-state index in [2.05, 4.69) is 25.7 Å². The number of hydrogen-bond acceptors (Lipinski definition) is 7. The fourth-order valence-electron chi connectivity index (χ4n) is 2.68. The number of carbonyl (C=O) groups excluding carboxylic acids is 1. The molecule has 4 rings (SSSR count). The van der Waals surface area contributed by atoms with Gasteiger partial charge in [-0.25, -0.2) is 0 Å². The molecule has 0 unspecified atom stereocenters. The smallest absolute Gasteiger partial charge is 0.422 e. The van der Waals surface area contributed by atoms with Crippen molar-refractivity contribution in [3.05, 3.63) is 52.8 Å². The topological polar surface area (TPSA) is 103 Å². The van der Waals surface area contributed by atoms with E-state index >= 15 is 0 Å². The zero-order valence-corrected chi connectivity index (χ0v) is 16.6. The Morgan fingerprint density at radius 2 is 1.97 bits per heavy atom. The molecule has 1 N–H and O–H groups in total. The highest BCUT2D eigenvalue weighted by molar-refractivity contribution is 6.30. The van der Waals surface area contributed by atoms with Crippen molar-refractivity contribution >= 4 is 17.5 Å². The summed E-state index contributed by atoms with van der Waals surface area (Å²) >= 11 is 5.87. The Bertz CT molecular complexity index is 1080. The van der Waals surface area contributed by atoms with Crippen LogP contribution in [0.4, 0.5) is 13.2 Å². The maximum Gasteiger partial charge on any atom is 0.422 e. The third-order valence-corrected chi connectivity index (χ3v) is 4.60. The van der Waals surface area contributed by atoms with Crippen LogP contribution in [0.5, 0.6) is 5.88 Å². The number of amides is 1. The van der Waals surface area contributed by atoms with Crippen molar-refractivity contribution < 1.29 is 27.2 Å². The predicted octanol–water partition coefficient (Wildman–Crippen LogP) is 3.93. The van der Waals surface area contributed by atoms with Gasteiger partial charge in [-0.2, -0.15) is 18.2 Å². The number of ether oxygens (including phenoxy) is 1. The lowest BCUT2D eigenvalue weighted by Crippen LogP contribution is -2.25. The SMILES string of the molecule is O=C(NCc1nc(C2CC2)no1)c1cc(-c2ccc(Cl)cc2)c(OCC(F)(F)F)nn1. The Morgan fingerprint density at radius 3 is 2.65 bits per heavy atom. The number of alkyl halides is 3. The minimum absolute atomic E-state index is 0.0250. The second kappa shape index (κ2) is 8.50. The average molecular weight is 454 g/mol. The molecule has 1 aliphatic carbocycles. The molecule has 0 spiro atoms. The fourth-order valence-corrected chi connectivity index (χ4v) is 2.80. The van der Waals surface area contributed by atoms with Gasteiger partial charge >= 0.3 is 6.18 Å². The molecule has 0 atom stereocenters. The molecule has 31 heavy (non-hydrogen) atoms. The maximum absolute atomic E-state index is 12.6. The van der Waals surface area contributed by atoms with Crippen molar-refractivity contribution in [2.45, 2.75) is 31.5 Å². The van der Waals surface area contributed by atoms with Crippen LogP contribution in [0, 0.1) is 0 Å². The van der Waals surface area contributed by atoms with E-state index in [4.69, 9.17) is 20.9 Å². The normalized spacial score (nSPS) is 13.8. The Labute approximate surface area is 178 Å². The van der Waals surface area contributed by atoms with Crippen LogP contribution in [-0.2, 0) is 6.54 Å². The van der Waals surface area contributed by atoms with Crippen LogP contribution in [0.2, 0.25) is 5.02 Å². The summed E-state index contributed by atoms with van der Waals surface area (Å²) in [7, 11) is 0. The van der Waals surface area contributed by atoms with Gasteiger partial charge in [-0.3, -0.25) is 4.79 Å². The molecule has 2 aromatic heterocycles. The molecule has 0 aliphatic heterocycles. The van der Waals surface area contributed by atoms with E-state index in [-0.39, 0.29) is 29.6 Å². The summed E-state index contributed by atoms with van der Waals surface area (Å²) in [6.07, 6.45) is -2.54. The second-order valence-electron chi connectivity index (χ2n) is 6.86. The van der Waals surface area contributed by atoms with Gasteiger partial charge in [-0.1, -0.05) is 28.9 Å². The molecule has 0 saturated heterocycles. The van der Waals surface area contributed by atoms with E-state index in [0.29, 0.717) is 22.3 Å². The van der Waals surface area contributed by atoms with Gasteiger partial charge in [-0.05, 0) is 36.6 Å². The van der Waals surface area contributed by atoms with Crippen LogP contribution < -0.4 is 10.1 Å². The van der Waals surface area contributed by atoms with Gasteiger partial charge in [0.15, 0.2) is 18.1 Å². The third-order valence-electron chi connectivity index (χ3n) is 4.35. The molecule has 2 heterocycles. The van der Waals surface area contributed by atoms with E-state index in [1.165, 1.54) is 6.07 Å². The molecule has 0 bridgehead atoms. The van der Waals surface area contributed by atoms with Gasteiger partial charge < -0.3 is 14.6 Å². The minimum Gasteiger partial charge on any atom is -0.467 e. The van der Waals surface area contributed by atoms with Gasteiger partial charge in [0, 0.05) is 16.5 Å². The van der Waals surface area contributed by atoms with Crippen molar-refractivity contribution in [3.63, 3.8) is 0 Å². The molecule has 8 nitrogen and oxygen atoms in total. The molecule has 1 aliphatic rings. The average Bonchev–Trinajstić information content (AvgIpc) is 3.48. The molecule has 1 aromatic carbocycles. The summed E-state index contributed by atoms with van der Waals surface area (Å²) in [5.74, 6) is 0.190. The number of nitrogens with zero attached hydrogens (tertiary/aromatic N) is 4. The van der Waals surface area contributed by atoms with Crippen LogP contribution in [0.25, 0.3) is 11.1 Å². The van der Waals surface area contributed by atoms with E-state index in [9.17, 15) is 18.0 Å². The quantitative estimate of drug-likeness (QED) is 0.578. The molecule has 1 fully saturated rings. The molecule has 0 radical (unpaired) electrons. The second-order valence-corrected chi connectivity index (χ2v) is 7.30. The zero-order valence-electron chi connectivity index (χ0n) is 15.8. The Kier molecular flexibility index (Phi) is 5.77. The zero-order chi connectivity index (χ0) is 22.0. The number of nitrogens with one attached hydrogen (secondary N) is 1. The van der Waals surface area contributed by atoms with Crippen LogP contribution in [0.15, 0.2) is 34.9 Å². The van der Waals surface area contributed by atoms with Crippen molar-refractivity contribution in [2.24, 2.45) is 0 Å². The lowest BCUT2D eigenvalue weighted by molar-refractivity contribution is -0.154. The van der Waals surface area contributed by atoms with Gasteiger partial charge in [0.1, 0.15) is 0 Å². The first-order valence-electron chi connectivity index (χ1n) is 9.22. The van der Waals surface area contributed by atoms with E-state index in [1.807, 2.05) is 0 Å². The Morgan fingerprint density at radius 1 is 1.23 bits per heavy atom. The molecule has 12 heteroatoms. The van der Waals surface area contributed by atoms with Gasteiger partial charge in [0.05, 0.1) is 6.54 Å². The van der Waals surface area contributed by atoms with Gasteiger partial charge in [-0.15, -0.1) is 10.2 Å². The molecule has 162 valence electrons. The van der Waals surface area contributed by atoms with Crippen molar-refractivity contribution in [2.75, 3.05) is 6.61 Å². The summed E-state index contributed by atoms with van der Waals surface area (Å²) in [6.45, 7) is -1.57. The first kappa shape index (κ1) is 21.0. The highest BCUT2D eigenvalue weighted by Gasteiger charge is 2.30. The molecule has 1 saturated carbocycles. The number of benzene rings is 1. The number of hydrogen-bond donors (Lipinski definition) is 1. The van der Waals surface area contributed by atoms with Crippen LogP contribution in [0.3, 0.4) is 0 Å². The van der Waals surface area contributed by atoms with Gasteiger partial charge in [0.25, 0.3) is 5.91 Å². The van der Waals surface area contributed by atoms with Crippen molar-refractivity contribution in [3.8, 4) is 17.0 Å². The van der Waals surface area contributed by atoms with Crippen LogP contribution in [0.1, 0.15) is 41.0 Å². The number of rotatable bonds is 7. The third kappa shape index (κ3) is 5.48. The maximum atomic E-state index is 12.6. The lowest BCUT2D eigenvalue weighted by Gasteiger charge is -2.13. The first-order chi connectivity index (χ1) is 14.8. The number of carbonyl (C=O) groups is 1. The molecule has 3 aromatic rings. The fraction of sp³-hybridized carbons (Fsp3) is 0.316. The highest BCUT2D eigenvalue weighted by atomic mass is 35.5. The minimum atomic E-state index is -4.56. The molecular weight excluding hydrogens is 439 g/mol. The van der Waals surface area contributed by atoms with Crippen molar-refractivity contribution in [1.82, 2.24) is 25.7 Å².